The summed E-state index contributed by atoms with van der Waals surface area (Å²) in [6, 6.07) is 11.2. The van der Waals surface area contributed by atoms with Crippen LogP contribution in [0, 0.1) is 0 Å². The fraction of sp³-hybridized carbons (Fsp3) is 0.176. The highest BCUT2D eigenvalue weighted by atomic mass is 19.3. The zero-order valence-corrected chi connectivity index (χ0v) is 12.5. The Hall–Kier alpha value is -2.60. The highest BCUT2D eigenvalue weighted by Crippen LogP contribution is 2.50. The Morgan fingerprint density at radius 3 is 2.22 bits per heavy atom. The normalized spacial score (nSPS) is 12.5. The maximum Gasteiger partial charge on any atom is 0.299 e. The van der Waals surface area contributed by atoms with Gasteiger partial charge in [0.1, 0.15) is 6.29 Å². The van der Waals surface area contributed by atoms with Gasteiger partial charge in [-0.15, -0.1) is 0 Å². The minimum Gasteiger partial charge on any atom is -0.400 e. The van der Waals surface area contributed by atoms with Crippen LogP contribution >= 0.6 is 0 Å². The molecule has 0 spiro atoms. The first-order valence-corrected chi connectivity index (χ1v) is 6.71. The number of carbonyl (C=O) groups is 2. The monoisotopic (exact) mass is 321 g/mol. The van der Waals surface area contributed by atoms with Crippen LogP contribution in [-0.2, 0) is 21.9 Å². The molecule has 1 amide bonds. The Kier molecular flexibility index (Phi) is 6.53. The third-order valence-corrected chi connectivity index (χ3v) is 3.30. The number of hydrogen-bond acceptors (Lipinski definition) is 3. The van der Waals surface area contributed by atoms with E-state index in [0.717, 1.165) is 19.0 Å². The fourth-order valence-corrected chi connectivity index (χ4v) is 2.45. The molecule has 0 unspecified atom stereocenters. The van der Waals surface area contributed by atoms with E-state index in [0.29, 0.717) is 11.1 Å². The minimum absolute atomic E-state index is 0.0262. The van der Waals surface area contributed by atoms with Crippen LogP contribution in [0.25, 0.3) is 11.1 Å². The third kappa shape index (κ3) is 3.60. The minimum atomic E-state index is -2.94. The lowest BCUT2D eigenvalue weighted by molar-refractivity contribution is -0.107. The fourth-order valence-electron chi connectivity index (χ4n) is 2.45. The summed E-state index contributed by atoms with van der Waals surface area (Å²) in [5.41, 5.74) is 6.10. The van der Waals surface area contributed by atoms with E-state index >= 15 is 0 Å². The summed E-state index contributed by atoms with van der Waals surface area (Å²) >= 11 is 0. The van der Waals surface area contributed by atoms with Crippen LogP contribution in [-0.4, -0.2) is 24.9 Å². The van der Waals surface area contributed by atoms with Crippen LogP contribution in [0.2, 0.25) is 0 Å². The Labute approximate surface area is 132 Å². The molecule has 1 aliphatic rings. The predicted molar refractivity (Wildman–Crippen MR) is 83.0 cm³/mol. The average Bonchev–Trinajstić information content (AvgIpc) is 2.79. The summed E-state index contributed by atoms with van der Waals surface area (Å²) in [4.78, 5) is 19.1. The molecule has 4 nitrogen and oxygen atoms in total. The van der Waals surface area contributed by atoms with Crippen molar-refractivity contribution < 1.29 is 23.5 Å². The standard InChI is InChI=1S/C15H10F2O.CH3NO.CH4O/c16-15(17)13-4-2-1-3-11(13)12-9-10(7-8-18)5-6-14(12)15;2-1-3;1-2/h1-6,8-9H,7H2;1H,(H2,2,3);2H,1H3. The molecule has 23 heavy (non-hydrogen) atoms. The van der Waals surface area contributed by atoms with Crippen LogP contribution in [0.5, 0.6) is 0 Å². The van der Waals surface area contributed by atoms with Crippen molar-refractivity contribution in [1.29, 1.82) is 0 Å². The van der Waals surface area contributed by atoms with Gasteiger partial charge in [0.15, 0.2) is 0 Å². The molecule has 0 aliphatic heterocycles. The second-order valence-electron chi connectivity index (χ2n) is 4.51. The Bertz CT molecular complexity index is 687. The number of alkyl halides is 2. The van der Waals surface area contributed by atoms with Crippen molar-refractivity contribution in [3.05, 3.63) is 59.2 Å². The van der Waals surface area contributed by atoms with E-state index in [1.807, 2.05) is 0 Å². The van der Waals surface area contributed by atoms with Crippen molar-refractivity contribution in [3.63, 3.8) is 0 Å². The number of aliphatic hydroxyl groups excluding tert-OH is 1. The van der Waals surface area contributed by atoms with Crippen molar-refractivity contribution in [2.24, 2.45) is 5.73 Å². The number of hydrogen-bond donors (Lipinski definition) is 2. The molecule has 122 valence electrons. The number of halogens is 2. The first-order chi connectivity index (χ1) is 11.1. The third-order valence-electron chi connectivity index (χ3n) is 3.30. The molecule has 0 radical (unpaired) electrons. The lowest BCUT2D eigenvalue weighted by Crippen LogP contribution is -2.10. The van der Waals surface area contributed by atoms with Crippen LogP contribution in [0.3, 0.4) is 0 Å². The molecule has 1 aliphatic carbocycles. The second kappa shape index (κ2) is 8.14. The zero-order chi connectivity index (χ0) is 17.5. The van der Waals surface area contributed by atoms with Crippen LogP contribution in [0.15, 0.2) is 42.5 Å². The van der Waals surface area contributed by atoms with E-state index in [1.54, 1.807) is 30.3 Å². The molecule has 0 saturated carbocycles. The molecule has 3 rings (SSSR count). The van der Waals surface area contributed by atoms with Gasteiger partial charge in [-0.1, -0.05) is 42.5 Å². The van der Waals surface area contributed by atoms with E-state index in [9.17, 15) is 13.6 Å². The average molecular weight is 321 g/mol. The number of fused-ring (bicyclic) bond motifs is 3. The van der Waals surface area contributed by atoms with Crippen molar-refractivity contribution in [2.75, 3.05) is 7.11 Å². The number of primary amides is 1. The van der Waals surface area contributed by atoms with E-state index < -0.39 is 5.92 Å². The highest BCUT2D eigenvalue weighted by molar-refractivity contribution is 5.80. The largest absolute Gasteiger partial charge is 0.400 e. The summed E-state index contributed by atoms with van der Waals surface area (Å²) in [5, 5.41) is 7.00. The van der Waals surface area contributed by atoms with Crippen molar-refractivity contribution in [1.82, 2.24) is 0 Å². The Morgan fingerprint density at radius 2 is 1.61 bits per heavy atom. The van der Waals surface area contributed by atoms with Gasteiger partial charge in [-0.25, -0.2) is 0 Å². The maximum absolute atomic E-state index is 14.2. The SMILES string of the molecule is CO.NC=O.O=CCc1ccc2c(c1)-c1ccccc1C2(F)F. The molecule has 2 aromatic carbocycles. The van der Waals surface area contributed by atoms with Gasteiger partial charge in [0, 0.05) is 24.7 Å². The van der Waals surface area contributed by atoms with Gasteiger partial charge in [0.05, 0.1) is 0 Å². The zero-order valence-electron chi connectivity index (χ0n) is 12.5. The molecular formula is C17H17F2NO3. The maximum atomic E-state index is 14.2. The molecule has 0 fully saturated rings. The van der Waals surface area contributed by atoms with Crippen molar-refractivity contribution in [3.8, 4) is 11.1 Å². The molecule has 0 aromatic heterocycles. The first-order valence-electron chi connectivity index (χ1n) is 6.71. The van der Waals surface area contributed by atoms with E-state index in [4.69, 9.17) is 9.90 Å². The molecule has 0 heterocycles. The summed E-state index contributed by atoms with van der Waals surface area (Å²) in [6.07, 6.45) is 1.28. The van der Waals surface area contributed by atoms with Gasteiger partial charge in [0.25, 0.3) is 5.92 Å². The quantitative estimate of drug-likeness (QED) is 0.833. The summed E-state index contributed by atoms with van der Waals surface area (Å²) < 4.78 is 28.4. The number of aliphatic hydroxyl groups is 1. The predicted octanol–water partition coefficient (Wildman–Crippen LogP) is 2.26. The number of aldehydes is 1. The van der Waals surface area contributed by atoms with Crippen LogP contribution in [0.1, 0.15) is 16.7 Å². The number of carbonyl (C=O) groups excluding carboxylic acids is 2. The van der Waals surface area contributed by atoms with Crippen molar-refractivity contribution in [2.45, 2.75) is 12.3 Å². The lowest BCUT2D eigenvalue weighted by atomic mass is 10.0. The number of rotatable bonds is 2. The van der Waals surface area contributed by atoms with Gasteiger partial charge < -0.3 is 15.6 Å². The molecule has 3 N–H and O–H groups in total. The van der Waals surface area contributed by atoms with E-state index in [1.165, 1.54) is 12.1 Å². The topological polar surface area (TPSA) is 80.4 Å². The van der Waals surface area contributed by atoms with Gasteiger partial charge in [0.2, 0.25) is 6.41 Å². The number of nitrogens with two attached hydrogens (primary N) is 1. The summed E-state index contributed by atoms with van der Waals surface area (Å²) in [7, 11) is 1.00. The van der Waals surface area contributed by atoms with Crippen molar-refractivity contribution >= 4 is 12.7 Å². The summed E-state index contributed by atoms with van der Waals surface area (Å²) in [5.74, 6) is -2.94. The van der Waals surface area contributed by atoms with Gasteiger partial charge in [-0.05, 0) is 16.7 Å². The molecule has 6 heteroatoms. The molecule has 0 atom stereocenters. The molecular weight excluding hydrogens is 304 g/mol. The molecule has 0 saturated heterocycles. The number of amides is 1. The smallest absolute Gasteiger partial charge is 0.299 e. The van der Waals surface area contributed by atoms with E-state index in [2.05, 4.69) is 5.73 Å². The number of benzene rings is 2. The van der Waals surface area contributed by atoms with Gasteiger partial charge >= 0.3 is 0 Å². The van der Waals surface area contributed by atoms with Crippen LogP contribution in [0.4, 0.5) is 8.78 Å². The van der Waals surface area contributed by atoms with Gasteiger partial charge in [-0.3, -0.25) is 4.79 Å². The molecule has 0 bridgehead atoms. The second-order valence-corrected chi connectivity index (χ2v) is 4.51. The van der Waals surface area contributed by atoms with Gasteiger partial charge in [-0.2, -0.15) is 8.78 Å². The Morgan fingerprint density at radius 1 is 1.04 bits per heavy atom. The molecule has 2 aromatic rings. The summed E-state index contributed by atoms with van der Waals surface area (Å²) in [6.45, 7) is 0. The van der Waals surface area contributed by atoms with Crippen LogP contribution < -0.4 is 5.73 Å². The highest BCUT2D eigenvalue weighted by Gasteiger charge is 2.43. The lowest BCUT2D eigenvalue weighted by Gasteiger charge is -2.11. The Balaban J connectivity index is 0.000000477. The first kappa shape index (κ1) is 18.4. The van der Waals surface area contributed by atoms with E-state index in [-0.39, 0.29) is 24.0 Å².